The molecule has 1 heterocycles. The maximum atomic E-state index is 13.6. The topological polar surface area (TPSA) is 40.5 Å². The minimum Gasteiger partial charge on any atom is -0.393 e. The van der Waals surface area contributed by atoms with Gasteiger partial charge in [-0.05, 0) is 31.9 Å². The van der Waals surface area contributed by atoms with E-state index < -0.39 is 35.0 Å². The summed E-state index contributed by atoms with van der Waals surface area (Å²) in [7, 11) is 0. The normalized spacial score (nSPS) is 20.9. The Morgan fingerprint density at radius 2 is 2.05 bits per heavy atom. The lowest BCUT2D eigenvalue weighted by molar-refractivity contribution is 0.0462. The second kappa shape index (κ2) is 5.83. The molecule has 0 saturated carbocycles. The summed E-state index contributed by atoms with van der Waals surface area (Å²) >= 11 is 0. The Labute approximate surface area is 115 Å². The largest absolute Gasteiger partial charge is 0.393 e. The average molecular weight is 287 g/mol. The summed E-state index contributed by atoms with van der Waals surface area (Å²) < 4.78 is 39.6. The molecule has 0 aliphatic carbocycles. The summed E-state index contributed by atoms with van der Waals surface area (Å²) in [6.45, 7) is 2.34. The molecule has 1 aromatic carbocycles. The summed E-state index contributed by atoms with van der Waals surface area (Å²) in [5.74, 6) is -5.18. The number of hydrogen-bond donors (Lipinski definition) is 1. The second-order valence-corrected chi connectivity index (χ2v) is 5.12. The van der Waals surface area contributed by atoms with Crippen LogP contribution in [-0.2, 0) is 0 Å². The number of hydrogen-bond acceptors (Lipinski definition) is 2. The van der Waals surface area contributed by atoms with Crippen LogP contribution in [0, 0.1) is 23.4 Å². The molecule has 0 spiro atoms. The Balaban J connectivity index is 2.21. The van der Waals surface area contributed by atoms with Gasteiger partial charge in [-0.2, -0.15) is 0 Å². The molecule has 1 amide bonds. The van der Waals surface area contributed by atoms with E-state index in [4.69, 9.17) is 0 Å². The number of carbonyl (C=O) groups is 1. The van der Waals surface area contributed by atoms with E-state index in [1.807, 2.05) is 0 Å². The van der Waals surface area contributed by atoms with E-state index in [1.165, 1.54) is 4.90 Å². The summed E-state index contributed by atoms with van der Waals surface area (Å²) in [5.41, 5.74) is -0.477. The number of amides is 1. The summed E-state index contributed by atoms with van der Waals surface area (Å²) in [4.78, 5) is 13.5. The highest BCUT2D eigenvalue weighted by molar-refractivity contribution is 5.94. The summed E-state index contributed by atoms with van der Waals surface area (Å²) in [6, 6.07) is 1.68. The molecule has 1 N–H and O–H groups in total. The molecule has 1 aromatic rings. The van der Waals surface area contributed by atoms with Gasteiger partial charge in [0.15, 0.2) is 17.5 Å². The first-order valence-electron chi connectivity index (χ1n) is 6.52. The first-order valence-corrected chi connectivity index (χ1v) is 6.52. The first-order chi connectivity index (χ1) is 9.41. The smallest absolute Gasteiger partial charge is 0.256 e. The molecular weight excluding hydrogens is 271 g/mol. The molecule has 1 aliphatic heterocycles. The number of likely N-dealkylation sites (tertiary alicyclic amines) is 1. The number of benzene rings is 1. The van der Waals surface area contributed by atoms with Crippen molar-refractivity contribution < 1.29 is 23.1 Å². The number of halogens is 3. The van der Waals surface area contributed by atoms with Crippen molar-refractivity contribution in [3.8, 4) is 0 Å². The Morgan fingerprint density at radius 1 is 1.35 bits per heavy atom. The molecule has 2 atom stereocenters. The van der Waals surface area contributed by atoms with Crippen molar-refractivity contribution in [2.24, 2.45) is 5.92 Å². The van der Waals surface area contributed by atoms with Gasteiger partial charge in [0.1, 0.15) is 0 Å². The maximum absolute atomic E-state index is 13.6. The molecule has 0 bridgehead atoms. The molecule has 2 unspecified atom stereocenters. The number of aliphatic hydroxyl groups excluding tert-OH is 1. The van der Waals surface area contributed by atoms with Crippen LogP contribution in [0.5, 0.6) is 0 Å². The van der Waals surface area contributed by atoms with Crippen LogP contribution in [0.2, 0.25) is 0 Å². The molecule has 1 saturated heterocycles. The number of rotatable bonds is 2. The van der Waals surface area contributed by atoms with Crippen molar-refractivity contribution in [2.75, 3.05) is 13.1 Å². The number of nitrogens with zero attached hydrogens (tertiary/aromatic N) is 1. The van der Waals surface area contributed by atoms with Crippen molar-refractivity contribution in [1.29, 1.82) is 0 Å². The molecular formula is C14H16F3NO2. The SMILES string of the molecule is CC(O)C1CCCN(C(=O)c2ccc(F)c(F)c2F)C1. The third-order valence-electron chi connectivity index (χ3n) is 3.69. The zero-order chi connectivity index (χ0) is 14.9. The molecule has 3 nitrogen and oxygen atoms in total. The second-order valence-electron chi connectivity index (χ2n) is 5.12. The maximum Gasteiger partial charge on any atom is 0.256 e. The van der Waals surface area contributed by atoms with Crippen molar-refractivity contribution in [2.45, 2.75) is 25.9 Å². The molecule has 1 aliphatic rings. The van der Waals surface area contributed by atoms with Gasteiger partial charge >= 0.3 is 0 Å². The molecule has 6 heteroatoms. The van der Waals surface area contributed by atoms with Gasteiger partial charge in [-0.1, -0.05) is 0 Å². The van der Waals surface area contributed by atoms with Gasteiger partial charge in [-0.25, -0.2) is 13.2 Å². The molecule has 2 rings (SSSR count). The Hall–Kier alpha value is -1.56. The van der Waals surface area contributed by atoms with Crippen LogP contribution in [0.25, 0.3) is 0 Å². The number of carbonyl (C=O) groups excluding carboxylic acids is 1. The van der Waals surface area contributed by atoms with Crippen LogP contribution in [0.3, 0.4) is 0 Å². The van der Waals surface area contributed by atoms with Crippen molar-refractivity contribution >= 4 is 5.91 Å². The van der Waals surface area contributed by atoms with Gasteiger partial charge in [0.2, 0.25) is 0 Å². The Bertz CT molecular complexity index is 519. The predicted octanol–water partition coefficient (Wildman–Crippen LogP) is 2.34. The van der Waals surface area contributed by atoms with Gasteiger partial charge in [-0.15, -0.1) is 0 Å². The van der Waals surface area contributed by atoms with E-state index in [0.29, 0.717) is 13.0 Å². The van der Waals surface area contributed by atoms with Crippen LogP contribution in [0.1, 0.15) is 30.1 Å². The number of piperidine rings is 1. The van der Waals surface area contributed by atoms with Gasteiger partial charge in [0.25, 0.3) is 5.91 Å². The third kappa shape index (κ3) is 2.80. The van der Waals surface area contributed by atoms with Crippen LogP contribution in [0.4, 0.5) is 13.2 Å². The third-order valence-corrected chi connectivity index (χ3v) is 3.69. The Morgan fingerprint density at radius 3 is 2.70 bits per heavy atom. The van der Waals surface area contributed by atoms with E-state index >= 15 is 0 Å². The van der Waals surface area contributed by atoms with Gasteiger partial charge < -0.3 is 10.0 Å². The van der Waals surface area contributed by atoms with E-state index in [2.05, 4.69) is 0 Å². The average Bonchev–Trinajstić information content (AvgIpc) is 2.44. The standard InChI is InChI=1S/C14H16F3NO2/c1-8(19)9-3-2-6-18(7-9)14(20)10-4-5-11(15)13(17)12(10)16/h4-5,8-9,19H,2-3,6-7H2,1H3. The minimum atomic E-state index is -1.64. The summed E-state index contributed by atoms with van der Waals surface area (Å²) in [5, 5.41) is 9.56. The van der Waals surface area contributed by atoms with Crippen molar-refractivity contribution in [3.63, 3.8) is 0 Å². The summed E-state index contributed by atoms with van der Waals surface area (Å²) in [6.07, 6.45) is 0.898. The zero-order valence-electron chi connectivity index (χ0n) is 11.1. The molecule has 1 fully saturated rings. The fraction of sp³-hybridized carbons (Fsp3) is 0.500. The lowest BCUT2D eigenvalue weighted by atomic mass is 9.93. The molecule has 0 radical (unpaired) electrons. The van der Waals surface area contributed by atoms with Gasteiger partial charge in [-0.3, -0.25) is 4.79 Å². The van der Waals surface area contributed by atoms with Crippen LogP contribution >= 0.6 is 0 Å². The van der Waals surface area contributed by atoms with Crippen LogP contribution < -0.4 is 0 Å². The molecule has 110 valence electrons. The van der Waals surface area contributed by atoms with Gasteiger partial charge in [0.05, 0.1) is 11.7 Å². The fourth-order valence-electron chi connectivity index (χ4n) is 2.45. The fourth-order valence-corrected chi connectivity index (χ4v) is 2.45. The van der Waals surface area contributed by atoms with Crippen molar-refractivity contribution in [3.05, 3.63) is 35.1 Å². The highest BCUT2D eigenvalue weighted by atomic mass is 19.2. The highest BCUT2D eigenvalue weighted by Gasteiger charge is 2.29. The van der Waals surface area contributed by atoms with E-state index in [0.717, 1.165) is 18.6 Å². The first kappa shape index (κ1) is 14.8. The predicted molar refractivity (Wildman–Crippen MR) is 66.6 cm³/mol. The van der Waals surface area contributed by atoms with Crippen LogP contribution in [0.15, 0.2) is 12.1 Å². The Kier molecular flexibility index (Phi) is 4.32. The zero-order valence-corrected chi connectivity index (χ0v) is 11.1. The molecule has 20 heavy (non-hydrogen) atoms. The van der Waals surface area contributed by atoms with E-state index in [-0.39, 0.29) is 12.5 Å². The highest BCUT2D eigenvalue weighted by Crippen LogP contribution is 2.23. The van der Waals surface area contributed by atoms with Gasteiger partial charge in [0, 0.05) is 19.0 Å². The van der Waals surface area contributed by atoms with Crippen LogP contribution in [-0.4, -0.2) is 35.1 Å². The lowest BCUT2D eigenvalue weighted by Crippen LogP contribution is -2.43. The monoisotopic (exact) mass is 287 g/mol. The number of aliphatic hydroxyl groups is 1. The molecule has 0 aromatic heterocycles. The minimum absolute atomic E-state index is 0.0824. The van der Waals surface area contributed by atoms with E-state index in [1.54, 1.807) is 6.92 Å². The quantitative estimate of drug-likeness (QED) is 0.848. The van der Waals surface area contributed by atoms with Crippen molar-refractivity contribution in [1.82, 2.24) is 4.90 Å². The lowest BCUT2D eigenvalue weighted by Gasteiger charge is -2.34. The van der Waals surface area contributed by atoms with E-state index in [9.17, 15) is 23.1 Å².